The number of hydrogen-bond donors (Lipinski definition) is 1. The van der Waals surface area contributed by atoms with Gasteiger partial charge in [-0.3, -0.25) is 0 Å². The van der Waals surface area contributed by atoms with Crippen LogP contribution in [0.1, 0.15) is 5.56 Å². The zero-order chi connectivity index (χ0) is 14.4. The van der Waals surface area contributed by atoms with E-state index in [0.29, 0.717) is 0 Å². The van der Waals surface area contributed by atoms with Crippen molar-refractivity contribution in [2.24, 2.45) is 0 Å². The van der Waals surface area contributed by atoms with E-state index in [0.717, 1.165) is 10.5 Å². The summed E-state index contributed by atoms with van der Waals surface area (Å²) in [5, 5.41) is 11.9. The second kappa shape index (κ2) is 6.74. The summed E-state index contributed by atoms with van der Waals surface area (Å²) < 4.78 is 24.1. The summed E-state index contributed by atoms with van der Waals surface area (Å²) in [6.45, 7) is -0.0670. The molecule has 0 amide bonds. The Kier molecular flexibility index (Phi) is 5.00. The molecule has 0 saturated carbocycles. The number of rotatable bonds is 5. The second-order valence-electron chi connectivity index (χ2n) is 4.01. The van der Waals surface area contributed by atoms with Crippen LogP contribution >= 0.6 is 11.8 Å². The first-order valence-electron chi connectivity index (χ1n) is 5.95. The van der Waals surface area contributed by atoms with E-state index in [9.17, 15) is 13.5 Å². The van der Waals surface area contributed by atoms with Gasteiger partial charge in [-0.15, -0.1) is 0 Å². The molecule has 5 heteroatoms. The normalized spacial score (nSPS) is 11.8. The fraction of sp³-hybridized carbons (Fsp3) is 0.0667. The number of thioether (sulfide) groups is 1. The van der Waals surface area contributed by atoms with Crippen LogP contribution in [0.4, 0.5) is 0 Å². The Labute approximate surface area is 122 Å². The van der Waals surface area contributed by atoms with E-state index in [1.807, 2.05) is 24.3 Å². The van der Waals surface area contributed by atoms with Gasteiger partial charge in [0.1, 0.15) is 0 Å². The van der Waals surface area contributed by atoms with Crippen LogP contribution in [0.25, 0.3) is 0 Å². The van der Waals surface area contributed by atoms with E-state index in [-0.39, 0.29) is 11.5 Å². The maximum Gasteiger partial charge on any atom is 0.200 e. The van der Waals surface area contributed by atoms with Gasteiger partial charge in [-0.1, -0.05) is 48.2 Å². The molecule has 0 saturated heterocycles. The Morgan fingerprint density at radius 3 is 2.35 bits per heavy atom. The van der Waals surface area contributed by atoms with E-state index in [4.69, 9.17) is 0 Å². The van der Waals surface area contributed by atoms with Crippen molar-refractivity contribution in [3.05, 3.63) is 71.0 Å². The monoisotopic (exact) mass is 306 g/mol. The van der Waals surface area contributed by atoms with Crippen molar-refractivity contribution in [1.82, 2.24) is 0 Å². The fourth-order valence-electron chi connectivity index (χ4n) is 1.61. The zero-order valence-electron chi connectivity index (χ0n) is 10.6. The molecule has 0 fully saturated rings. The van der Waals surface area contributed by atoms with Crippen LogP contribution < -0.4 is 0 Å². The Bertz CT molecular complexity index is 692. The average molecular weight is 306 g/mol. The number of aliphatic hydroxyl groups is 1. The summed E-state index contributed by atoms with van der Waals surface area (Å²) in [6.07, 6.45) is 0. The van der Waals surface area contributed by atoms with Gasteiger partial charge in [0.05, 0.1) is 11.5 Å². The van der Waals surface area contributed by atoms with Crippen molar-refractivity contribution in [3.63, 3.8) is 0 Å². The zero-order valence-corrected chi connectivity index (χ0v) is 12.3. The second-order valence-corrected chi connectivity index (χ2v) is 6.80. The molecule has 0 aliphatic heterocycles. The number of hydrogen-bond acceptors (Lipinski definition) is 4. The van der Waals surface area contributed by atoms with Gasteiger partial charge in [0, 0.05) is 10.3 Å². The third kappa shape index (κ3) is 3.72. The van der Waals surface area contributed by atoms with Crippen LogP contribution in [0.2, 0.25) is 0 Å². The smallest absolute Gasteiger partial charge is 0.200 e. The van der Waals surface area contributed by atoms with Gasteiger partial charge < -0.3 is 5.11 Å². The highest BCUT2D eigenvalue weighted by Crippen LogP contribution is 2.24. The molecule has 0 atom stereocenters. The van der Waals surface area contributed by atoms with E-state index in [1.54, 1.807) is 30.3 Å². The topological polar surface area (TPSA) is 54.4 Å². The maximum atomic E-state index is 12.0. The van der Waals surface area contributed by atoms with E-state index >= 15 is 0 Å². The van der Waals surface area contributed by atoms with Crippen LogP contribution in [-0.4, -0.2) is 13.5 Å². The van der Waals surface area contributed by atoms with Gasteiger partial charge in [-0.05, 0) is 29.2 Å². The number of benzene rings is 2. The summed E-state index contributed by atoms with van der Waals surface area (Å²) in [7, 11) is -3.41. The minimum absolute atomic E-state index is 0.0670. The Morgan fingerprint density at radius 2 is 1.65 bits per heavy atom. The first kappa shape index (κ1) is 14.8. The predicted octanol–water partition coefficient (Wildman–Crippen LogP) is 3.22. The third-order valence-electron chi connectivity index (χ3n) is 2.64. The highest BCUT2D eigenvalue weighted by atomic mass is 32.2. The Hall–Kier alpha value is -1.56. The van der Waals surface area contributed by atoms with Gasteiger partial charge in [0.15, 0.2) is 9.84 Å². The lowest BCUT2D eigenvalue weighted by Gasteiger charge is -2.03. The molecular weight excluding hydrogens is 292 g/mol. The summed E-state index contributed by atoms with van der Waals surface area (Å²) in [5.41, 5.74) is 0.777. The Morgan fingerprint density at radius 1 is 1.00 bits per heavy atom. The van der Waals surface area contributed by atoms with Crippen LogP contribution in [0.5, 0.6) is 0 Å². The average Bonchev–Trinajstić information content (AvgIpc) is 2.48. The first-order valence-corrected chi connectivity index (χ1v) is 8.38. The van der Waals surface area contributed by atoms with Gasteiger partial charge >= 0.3 is 0 Å². The quantitative estimate of drug-likeness (QED) is 0.862. The molecule has 2 aromatic carbocycles. The summed E-state index contributed by atoms with van der Waals surface area (Å²) in [4.78, 5) is 1.11. The molecule has 20 heavy (non-hydrogen) atoms. The highest BCUT2D eigenvalue weighted by Gasteiger charge is 2.08. The van der Waals surface area contributed by atoms with Crippen LogP contribution in [0, 0.1) is 0 Å². The lowest BCUT2D eigenvalue weighted by molar-refractivity contribution is 0.279. The molecule has 0 radical (unpaired) electrons. The van der Waals surface area contributed by atoms with Crippen LogP contribution in [0.3, 0.4) is 0 Å². The van der Waals surface area contributed by atoms with Gasteiger partial charge in [0.2, 0.25) is 0 Å². The molecule has 0 aliphatic carbocycles. The van der Waals surface area contributed by atoms with Crippen LogP contribution in [0.15, 0.2) is 75.2 Å². The minimum Gasteiger partial charge on any atom is -0.392 e. The summed E-state index contributed by atoms with van der Waals surface area (Å²) in [6, 6.07) is 15.6. The van der Waals surface area contributed by atoms with Gasteiger partial charge in [0.25, 0.3) is 0 Å². The van der Waals surface area contributed by atoms with E-state index in [1.165, 1.54) is 22.6 Å². The summed E-state index contributed by atoms with van der Waals surface area (Å²) >= 11 is 1.27. The molecular formula is C15H14O3S2. The SMILES string of the molecule is O=S(=O)(/C=C\Sc1ccccc1CO)c1ccccc1. The van der Waals surface area contributed by atoms with Crippen molar-refractivity contribution >= 4 is 21.6 Å². The van der Waals surface area contributed by atoms with Crippen molar-refractivity contribution in [2.45, 2.75) is 16.4 Å². The van der Waals surface area contributed by atoms with Crippen molar-refractivity contribution in [2.75, 3.05) is 0 Å². The molecule has 0 heterocycles. The molecule has 1 N–H and O–H groups in total. The molecule has 2 rings (SSSR count). The first-order chi connectivity index (χ1) is 9.63. The molecule has 0 spiro atoms. The lowest BCUT2D eigenvalue weighted by atomic mass is 10.2. The highest BCUT2D eigenvalue weighted by molar-refractivity contribution is 8.03. The molecule has 0 aromatic heterocycles. The van der Waals surface area contributed by atoms with E-state index < -0.39 is 9.84 Å². The summed E-state index contributed by atoms with van der Waals surface area (Å²) in [5.74, 6) is 0. The fourth-order valence-corrected chi connectivity index (χ4v) is 3.70. The van der Waals surface area contributed by atoms with Crippen LogP contribution in [-0.2, 0) is 16.4 Å². The third-order valence-corrected chi connectivity index (χ3v) is 5.16. The minimum atomic E-state index is -3.41. The largest absolute Gasteiger partial charge is 0.392 e. The lowest BCUT2D eigenvalue weighted by Crippen LogP contribution is -1.94. The molecule has 0 aliphatic rings. The van der Waals surface area contributed by atoms with Gasteiger partial charge in [-0.25, -0.2) is 8.42 Å². The molecule has 104 valence electrons. The van der Waals surface area contributed by atoms with Crippen molar-refractivity contribution in [1.29, 1.82) is 0 Å². The number of aliphatic hydroxyl groups excluding tert-OH is 1. The molecule has 3 nitrogen and oxygen atoms in total. The van der Waals surface area contributed by atoms with E-state index in [2.05, 4.69) is 0 Å². The number of sulfone groups is 1. The molecule has 0 unspecified atom stereocenters. The van der Waals surface area contributed by atoms with Crippen molar-refractivity contribution in [3.8, 4) is 0 Å². The predicted molar refractivity (Wildman–Crippen MR) is 81.0 cm³/mol. The molecule has 2 aromatic rings. The van der Waals surface area contributed by atoms with Crippen molar-refractivity contribution < 1.29 is 13.5 Å². The molecule has 0 bridgehead atoms. The standard InChI is InChI=1S/C15H14O3S2/c16-12-13-6-4-5-9-15(13)19-10-11-20(17,18)14-7-2-1-3-8-14/h1-11,16H,12H2/b11-10-. The Balaban J connectivity index is 2.14. The maximum absolute atomic E-state index is 12.0. The van der Waals surface area contributed by atoms with Gasteiger partial charge in [-0.2, -0.15) is 0 Å².